The van der Waals surface area contributed by atoms with E-state index in [9.17, 15) is 23.3 Å². The van der Waals surface area contributed by atoms with Crippen molar-refractivity contribution in [2.75, 3.05) is 7.11 Å². The molecule has 2 N–H and O–H groups in total. The van der Waals surface area contributed by atoms with Crippen molar-refractivity contribution >= 4 is 21.9 Å². The van der Waals surface area contributed by atoms with Crippen molar-refractivity contribution in [2.45, 2.75) is 68.5 Å². The highest BCUT2D eigenvalue weighted by atomic mass is 32.2. The van der Waals surface area contributed by atoms with Crippen LogP contribution in [-0.4, -0.2) is 45.1 Å². The molecule has 1 aromatic carbocycles. The lowest BCUT2D eigenvalue weighted by Crippen LogP contribution is -2.52. The van der Waals surface area contributed by atoms with Crippen molar-refractivity contribution < 1.29 is 27.5 Å². The fourth-order valence-corrected chi connectivity index (χ4v) is 4.38. The summed E-state index contributed by atoms with van der Waals surface area (Å²) in [5.41, 5.74) is -0.947. The minimum atomic E-state index is -3.97. The van der Waals surface area contributed by atoms with Gasteiger partial charge >= 0.3 is 5.97 Å². The molecule has 9 nitrogen and oxygen atoms in total. The van der Waals surface area contributed by atoms with E-state index in [1.165, 1.54) is 45.2 Å². The number of esters is 1. The predicted octanol–water partition coefficient (Wildman–Crippen LogP) is 1.64. The number of sulfonamides is 1. The standard InChI is InChI=1S/C20H27N3O6S/c1-14(23-30(26,27)17-9-7-16(28-3)8-10-17)19(25)29-15(2)18(24)22-20(13-21)11-5-4-6-12-20/h7-10,14-15,23H,4-6,11-12H2,1-3H3,(H,22,24). The van der Waals surface area contributed by atoms with E-state index in [-0.39, 0.29) is 4.90 Å². The molecule has 2 unspecified atom stereocenters. The molecule has 1 aromatic rings. The molecule has 30 heavy (non-hydrogen) atoms. The van der Waals surface area contributed by atoms with E-state index in [0.29, 0.717) is 18.6 Å². The Hall–Kier alpha value is -2.64. The van der Waals surface area contributed by atoms with Gasteiger partial charge < -0.3 is 14.8 Å². The van der Waals surface area contributed by atoms with E-state index in [4.69, 9.17) is 9.47 Å². The van der Waals surface area contributed by atoms with Gasteiger partial charge in [-0.05, 0) is 51.0 Å². The average Bonchev–Trinajstić information content (AvgIpc) is 2.73. The number of carbonyl (C=O) groups is 2. The topological polar surface area (TPSA) is 135 Å². The fourth-order valence-electron chi connectivity index (χ4n) is 3.19. The number of hydrogen-bond donors (Lipinski definition) is 2. The van der Waals surface area contributed by atoms with Crippen molar-refractivity contribution in [1.29, 1.82) is 5.26 Å². The molecule has 0 bridgehead atoms. The van der Waals surface area contributed by atoms with E-state index >= 15 is 0 Å². The van der Waals surface area contributed by atoms with Crippen LogP contribution in [0.2, 0.25) is 0 Å². The first-order chi connectivity index (χ1) is 14.1. The molecule has 10 heteroatoms. The summed E-state index contributed by atoms with van der Waals surface area (Å²) < 4.78 is 37.2. The van der Waals surface area contributed by atoms with Crippen molar-refractivity contribution in [2.24, 2.45) is 0 Å². The van der Waals surface area contributed by atoms with Crippen LogP contribution >= 0.6 is 0 Å². The molecule has 2 atom stereocenters. The summed E-state index contributed by atoms with van der Waals surface area (Å²) in [6.45, 7) is 2.71. The second-order valence-electron chi connectivity index (χ2n) is 7.34. The number of amides is 1. The third-order valence-corrected chi connectivity index (χ3v) is 6.56. The number of nitrogens with one attached hydrogen (secondary N) is 2. The molecule has 2 rings (SSSR count). The van der Waals surface area contributed by atoms with Crippen LogP contribution in [0.5, 0.6) is 5.75 Å². The zero-order valence-corrected chi connectivity index (χ0v) is 18.1. The first kappa shape index (κ1) is 23.6. The van der Waals surface area contributed by atoms with Crippen LogP contribution in [0.4, 0.5) is 0 Å². The summed E-state index contributed by atoms with van der Waals surface area (Å²) >= 11 is 0. The van der Waals surface area contributed by atoms with Gasteiger partial charge in [-0.25, -0.2) is 8.42 Å². The zero-order chi connectivity index (χ0) is 22.4. The van der Waals surface area contributed by atoms with Crippen LogP contribution < -0.4 is 14.8 Å². The average molecular weight is 438 g/mol. The highest BCUT2D eigenvalue weighted by Crippen LogP contribution is 2.27. The molecule has 1 fully saturated rings. The number of carbonyl (C=O) groups excluding carboxylic acids is 2. The molecule has 1 aliphatic rings. The third-order valence-electron chi connectivity index (χ3n) is 5.00. The minimum Gasteiger partial charge on any atom is -0.497 e. The molecule has 0 spiro atoms. The van der Waals surface area contributed by atoms with Gasteiger partial charge in [0.05, 0.1) is 18.1 Å². The highest BCUT2D eigenvalue weighted by molar-refractivity contribution is 7.89. The Morgan fingerprint density at radius 2 is 1.73 bits per heavy atom. The van der Waals surface area contributed by atoms with E-state index in [1.807, 2.05) is 0 Å². The Bertz CT molecular complexity index is 901. The predicted molar refractivity (Wildman–Crippen MR) is 108 cm³/mol. The van der Waals surface area contributed by atoms with Crippen LogP contribution in [0.25, 0.3) is 0 Å². The lowest BCUT2D eigenvalue weighted by atomic mass is 9.83. The molecule has 0 radical (unpaired) electrons. The summed E-state index contributed by atoms with van der Waals surface area (Å²) in [5.74, 6) is -0.990. The smallest absolute Gasteiger partial charge is 0.324 e. The number of rotatable bonds is 8. The largest absolute Gasteiger partial charge is 0.497 e. The Morgan fingerprint density at radius 1 is 1.13 bits per heavy atom. The van der Waals surface area contributed by atoms with Gasteiger partial charge in [0.1, 0.15) is 17.3 Å². The van der Waals surface area contributed by atoms with Gasteiger partial charge in [0.2, 0.25) is 10.0 Å². The van der Waals surface area contributed by atoms with Crippen LogP contribution in [0, 0.1) is 11.3 Å². The van der Waals surface area contributed by atoms with Crippen molar-refractivity contribution in [1.82, 2.24) is 10.0 Å². The Labute approximate surface area is 176 Å². The number of nitrogens with zero attached hydrogens (tertiary/aromatic N) is 1. The van der Waals surface area contributed by atoms with Crippen molar-refractivity contribution in [3.8, 4) is 11.8 Å². The molecule has 0 aromatic heterocycles. The quantitative estimate of drug-likeness (QED) is 0.590. The summed E-state index contributed by atoms with van der Waals surface area (Å²) in [6.07, 6.45) is 2.62. The summed E-state index contributed by atoms with van der Waals surface area (Å²) in [7, 11) is -2.51. The molecule has 0 saturated heterocycles. The van der Waals surface area contributed by atoms with E-state index in [0.717, 1.165) is 19.3 Å². The van der Waals surface area contributed by atoms with Gasteiger partial charge in [-0.1, -0.05) is 19.3 Å². The van der Waals surface area contributed by atoms with Gasteiger partial charge in [-0.15, -0.1) is 0 Å². The van der Waals surface area contributed by atoms with Crippen molar-refractivity contribution in [3.05, 3.63) is 24.3 Å². The van der Waals surface area contributed by atoms with Gasteiger partial charge in [0.25, 0.3) is 5.91 Å². The maximum absolute atomic E-state index is 12.4. The van der Waals surface area contributed by atoms with Gasteiger partial charge in [-0.2, -0.15) is 9.98 Å². The number of methoxy groups -OCH3 is 1. The maximum atomic E-state index is 12.4. The molecule has 1 amide bonds. The first-order valence-electron chi connectivity index (χ1n) is 9.72. The van der Waals surface area contributed by atoms with Gasteiger partial charge in [0.15, 0.2) is 6.10 Å². The monoisotopic (exact) mass is 437 g/mol. The lowest BCUT2D eigenvalue weighted by Gasteiger charge is -2.32. The maximum Gasteiger partial charge on any atom is 0.324 e. The summed E-state index contributed by atoms with van der Waals surface area (Å²) in [4.78, 5) is 24.7. The van der Waals surface area contributed by atoms with Crippen LogP contribution in [-0.2, 0) is 24.3 Å². The number of nitriles is 1. The molecule has 164 valence electrons. The lowest BCUT2D eigenvalue weighted by molar-refractivity contribution is -0.156. The SMILES string of the molecule is COc1ccc(S(=O)(=O)NC(C)C(=O)OC(C)C(=O)NC2(C#N)CCCCC2)cc1. The molecular formula is C20H27N3O6S. The molecular weight excluding hydrogens is 410 g/mol. The van der Waals surface area contributed by atoms with E-state index in [1.54, 1.807) is 0 Å². The third kappa shape index (κ3) is 5.93. The Balaban J connectivity index is 1.95. The zero-order valence-electron chi connectivity index (χ0n) is 17.3. The number of benzene rings is 1. The van der Waals surface area contributed by atoms with Crippen LogP contribution in [0.3, 0.4) is 0 Å². The molecule has 1 aliphatic carbocycles. The molecule has 0 heterocycles. The highest BCUT2D eigenvalue weighted by Gasteiger charge is 2.36. The Morgan fingerprint density at radius 3 is 2.27 bits per heavy atom. The number of hydrogen-bond acceptors (Lipinski definition) is 7. The van der Waals surface area contributed by atoms with Gasteiger partial charge in [0, 0.05) is 0 Å². The molecule has 1 saturated carbocycles. The van der Waals surface area contributed by atoms with E-state index in [2.05, 4.69) is 16.1 Å². The summed E-state index contributed by atoms with van der Waals surface area (Å²) in [5, 5.41) is 12.1. The summed E-state index contributed by atoms with van der Waals surface area (Å²) in [6, 6.07) is 6.62. The van der Waals surface area contributed by atoms with Crippen LogP contribution in [0.15, 0.2) is 29.2 Å². The minimum absolute atomic E-state index is 0.0398. The molecule has 0 aliphatic heterocycles. The Kier molecular flexibility index (Phi) is 7.81. The van der Waals surface area contributed by atoms with Gasteiger partial charge in [-0.3, -0.25) is 9.59 Å². The van der Waals surface area contributed by atoms with Crippen molar-refractivity contribution in [3.63, 3.8) is 0 Å². The first-order valence-corrected chi connectivity index (χ1v) is 11.2. The second kappa shape index (κ2) is 9.91. The van der Waals surface area contributed by atoms with E-state index < -0.39 is 39.6 Å². The fraction of sp³-hybridized carbons (Fsp3) is 0.550. The van der Waals surface area contributed by atoms with Crippen LogP contribution in [0.1, 0.15) is 46.0 Å². The number of ether oxygens (including phenoxy) is 2. The second-order valence-corrected chi connectivity index (χ2v) is 9.06. The normalized spacial score (nSPS) is 17.8.